The molecule has 0 radical (unpaired) electrons. The first-order chi connectivity index (χ1) is 9.70. The number of carbonyl (C=O) groups is 2. The first kappa shape index (κ1) is 13.7. The van der Waals surface area contributed by atoms with Crippen molar-refractivity contribution >= 4 is 23.4 Å². The van der Waals surface area contributed by atoms with E-state index in [1.165, 1.54) is 5.57 Å². The third kappa shape index (κ3) is 2.37. The van der Waals surface area contributed by atoms with Crippen molar-refractivity contribution in [3.05, 3.63) is 23.3 Å². The number of amides is 2. The second-order valence-electron chi connectivity index (χ2n) is 5.66. The van der Waals surface area contributed by atoms with Gasteiger partial charge in [-0.2, -0.15) is 0 Å². The van der Waals surface area contributed by atoms with Gasteiger partial charge in [0.2, 0.25) is 5.91 Å². The summed E-state index contributed by atoms with van der Waals surface area (Å²) in [4.78, 5) is 27.9. The molecule has 0 N–H and O–H groups in total. The molecule has 3 rings (SSSR count). The summed E-state index contributed by atoms with van der Waals surface area (Å²) in [6.07, 6.45) is 7.97. The monoisotopic (exact) mass is 294 g/mol. The van der Waals surface area contributed by atoms with Crippen LogP contribution in [0.5, 0.6) is 0 Å². The van der Waals surface area contributed by atoms with E-state index in [1.54, 1.807) is 4.90 Å². The highest BCUT2D eigenvalue weighted by atomic mass is 35.5. The van der Waals surface area contributed by atoms with Gasteiger partial charge < -0.3 is 9.80 Å². The lowest BCUT2D eigenvalue weighted by Gasteiger charge is -2.37. The molecule has 0 spiro atoms. The average molecular weight is 295 g/mol. The zero-order chi connectivity index (χ0) is 14.1. The van der Waals surface area contributed by atoms with Crippen molar-refractivity contribution in [3.8, 4) is 0 Å². The number of allylic oxidation sites excluding steroid dienone is 1. The number of rotatable bonds is 2. The number of hydrogen-bond acceptors (Lipinski definition) is 2. The number of carbonyl (C=O) groups excluding carboxylic acids is 2. The fraction of sp³-hybridized carbons (Fsp3) is 0.600. The van der Waals surface area contributed by atoms with Crippen LogP contribution in [-0.2, 0) is 9.59 Å². The first-order valence-electron chi connectivity index (χ1n) is 7.24. The summed E-state index contributed by atoms with van der Waals surface area (Å²) in [6, 6.07) is 0.141. The summed E-state index contributed by atoms with van der Waals surface area (Å²) in [5.74, 6) is 0.139. The normalized spacial score (nSPS) is 26.2. The van der Waals surface area contributed by atoms with Crippen LogP contribution < -0.4 is 0 Å². The van der Waals surface area contributed by atoms with Gasteiger partial charge in [-0.05, 0) is 31.3 Å². The van der Waals surface area contributed by atoms with Gasteiger partial charge in [0.05, 0.1) is 6.04 Å². The van der Waals surface area contributed by atoms with Crippen LogP contribution in [0.2, 0.25) is 0 Å². The minimum absolute atomic E-state index is 0.0259. The van der Waals surface area contributed by atoms with Crippen LogP contribution in [0.3, 0.4) is 0 Å². The van der Waals surface area contributed by atoms with Gasteiger partial charge in [-0.1, -0.05) is 12.2 Å². The maximum atomic E-state index is 12.5. The largest absolute Gasteiger partial charge is 0.340 e. The van der Waals surface area contributed by atoms with E-state index in [0.29, 0.717) is 6.54 Å². The van der Waals surface area contributed by atoms with Crippen molar-refractivity contribution in [2.45, 2.75) is 31.7 Å². The third-order valence-electron chi connectivity index (χ3n) is 4.43. The number of alkyl halides is 1. The van der Waals surface area contributed by atoms with Crippen molar-refractivity contribution < 1.29 is 9.59 Å². The molecular weight excluding hydrogens is 276 g/mol. The molecule has 20 heavy (non-hydrogen) atoms. The molecule has 2 amide bonds. The topological polar surface area (TPSA) is 40.6 Å². The molecule has 1 saturated heterocycles. The Kier molecular flexibility index (Phi) is 3.83. The number of nitrogens with zero attached hydrogens (tertiary/aromatic N) is 2. The van der Waals surface area contributed by atoms with Gasteiger partial charge in [0.1, 0.15) is 5.88 Å². The summed E-state index contributed by atoms with van der Waals surface area (Å²) in [7, 11) is 0. The molecule has 3 aliphatic rings. The molecule has 0 aromatic carbocycles. The quantitative estimate of drug-likeness (QED) is 0.728. The highest BCUT2D eigenvalue weighted by molar-refractivity contribution is 6.27. The summed E-state index contributed by atoms with van der Waals surface area (Å²) >= 11 is 5.63. The molecule has 1 fully saturated rings. The lowest BCUT2D eigenvalue weighted by Crippen LogP contribution is -2.51. The smallest absolute Gasteiger partial charge is 0.254 e. The maximum absolute atomic E-state index is 12.5. The minimum Gasteiger partial charge on any atom is -0.340 e. The Balaban J connectivity index is 1.70. The van der Waals surface area contributed by atoms with Gasteiger partial charge in [0.15, 0.2) is 0 Å². The van der Waals surface area contributed by atoms with Crippen LogP contribution in [0.25, 0.3) is 0 Å². The molecule has 1 atom stereocenters. The Labute approximate surface area is 124 Å². The van der Waals surface area contributed by atoms with Crippen LogP contribution >= 0.6 is 11.6 Å². The lowest BCUT2D eigenvalue weighted by molar-refractivity contribution is -0.134. The van der Waals surface area contributed by atoms with Gasteiger partial charge in [-0.3, -0.25) is 9.59 Å². The standard InChI is InChI=1S/C15H19ClN2O2/c16-8-14(19)17-7-3-5-12(10-17)18-9-11-4-1-2-6-13(11)15(18)20/h2,6,12H,1,3-5,7-10H2. The molecule has 0 aromatic heterocycles. The van der Waals surface area contributed by atoms with E-state index in [0.717, 1.165) is 44.3 Å². The van der Waals surface area contributed by atoms with Gasteiger partial charge >= 0.3 is 0 Å². The average Bonchev–Trinajstić information content (AvgIpc) is 2.84. The molecule has 2 heterocycles. The Morgan fingerprint density at radius 1 is 1.45 bits per heavy atom. The van der Waals surface area contributed by atoms with Gasteiger partial charge in [-0.15, -0.1) is 11.6 Å². The Hall–Kier alpha value is -1.29. The Morgan fingerprint density at radius 3 is 3.05 bits per heavy atom. The van der Waals surface area contributed by atoms with Crippen molar-refractivity contribution in [1.29, 1.82) is 0 Å². The zero-order valence-electron chi connectivity index (χ0n) is 11.5. The fourth-order valence-electron chi connectivity index (χ4n) is 3.35. The highest BCUT2D eigenvalue weighted by Crippen LogP contribution is 2.31. The Morgan fingerprint density at radius 2 is 2.30 bits per heavy atom. The number of halogens is 1. The number of likely N-dealkylation sites (tertiary alicyclic amines) is 1. The number of piperidine rings is 1. The van der Waals surface area contributed by atoms with Crippen molar-refractivity contribution in [2.24, 2.45) is 0 Å². The van der Waals surface area contributed by atoms with Crippen molar-refractivity contribution in [3.63, 3.8) is 0 Å². The molecule has 1 unspecified atom stereocenters. The Bertz CT molecular complexity index is 498. The highest BCUT2D eigenvalue weighted by Gasteiger charge is 2.36. The van der Waals surface area contributed by atoms with Crippen LogP contribution in [0.4, 0.5) is 0 Å². The molecule has 5 heteroatoms. The van der Waals surface area contributed by atoms with Crippen LogP contribution in [0.1, 0.15) is 25.7 Å². The van der Waals surface area contributed by atoms with Gasteiger partial charge in [-0.25, -0.2) is 0 Å². The number of hydrogen-bond donors (Lipinski definition) is 0. The molecule has 2 aliphatic heterocycles. The van der Waals surface area contributed by atoms with E-state index in [-0.39, 0.29) is 23.7 Å². The van der Waals surface area contributed by atoms with E-state index >= 15 is 0 Å². The zero-order valence-corrected chi connectivity index (χ0v) is 12.2. The minimum atomic E-state index is -0.0272. The van der Waals surface area contributed by atoms with E-state index in [1.807, 2.05) is 11.0 Å². The predicted octanol–water partition coefficient (Wildman–Crippen LogP) is 1.71. The molecule has 0 saturated carbocycles. The van der Waals surface area contributed by atoms with Crippen molar-refractivity contribution in [2.75, 3.05) is 25.5 Å². The molecule has 108 valence electrons. The summed E-state index contributed by atoms with van der Waals surface area (Å²) in [6.45, 7) is 2.13. The van der Waals surface area contributed by atoms with E-state index in [9.17, 15) is 9.59 Å². The first-order valence-corrected chi connectivity index (χ1v) is 7.77. The predicted molar refractivity (Wildman–Crippen MR) is 77.4 cm³/mol. The van der Waals surface area contributed by atoms with E-state index < -0.39 is 0 Å². The van der Waals surface area contributed by atoms with Gasteiger partial charge in [0, 0.05) is 25.2 Å². The summed E-state index contributed by atoms with van der Waals surface area (Å²) in [5.41, 5.74) is 2.15. The van der Waals surface area contributed by atoms with Crippen LogP contribution in [0, 0.1) is 0 Å². The fourth-order valence-corrected chi connectivity index (χ4v) is 3.51. The molecule has 0 bridgehead atoms. The molecule has 0 aromatic rings. The van der Waals surface area contributed by atoms with E-state index in [4.69, 9.17) is 11.6 Å². The van der Waals surface area contributed by atoms with Gasteiger partial charge in [0.25, 0.3) is 5.91 Å². The maximum Gasteiger partial charge on any atom is 0.254 e. The third-order valence-corrected chi connectivity index (χ3v) is 4.66. The van der Waals surface area contributed by atoms with E-state index in [2.05, 4.69) is 6.08 Å². The molecular formula is C15H19ClN2O2. The van der Waals surface area contributed by atoms with Crippen LogP contribution in [-0.4, -0.2) is 53.2 Å². The van der Waals surface area contributed by atoms with Crippen molar-refractivity contribution in [1.82, 2.24) is 9.80 Å². The lowest BCUT2D eigenvalue weighted by atomic mass is 10.0. The molecule has 4 nitrogen and oxygen atoms in total. The summed E-state index contributed by atoms with van der Waals surface area (Å²) < 4.78 is 0. The second kappa shape index (κ2) is 5.60. The second-order valence-corrected chi connectivity index (χ2v) is 5.93. The van der Waals surface area contributed by atoms with Crippen LogP contribution in [0.15, 0.2) is 23.3 Å². The molecule has 1 aliphatic carbocycles. The SMILES string of the molecule is O=C(CCl)N1CCCC(N2CC3=C(C=CCC3)C2=O)C1. The summed E-state index contributed by atoms with van der Waals surface area (Å²) in [5, 5.41) is 0.